The maximum Gasteiger partial charge on any atom is 0.220 e. The lowest BCUT2D eigenvalue weighted by atomic mass is 10.1. The summed E-state index contributed by atoms with van der Waals surface area (Å²) in [6.45, 7) is 4.37. The van der Waals surface area contributed by atoms with E-state index in [1.54, 1.807) is 0 Å². The van der Waals surface area contributed by atoms with E-state index < -0.39 is 0 Å². The average molecular weight is 237 g/mol. The second-order valence-corrected chi connectivity index (χ2v) is 5.92. The van der Waals surface area contributed by atoms with Crippen LogP contribution in [-0.2, 0) is 4.79 Å². The molecular weight excluding hydrogens is 214 g/mol. The van der Waals surface area contributed by atoms with E-state index in [4.69, 9.17) is 0 Å². The predicted molar refractivity (Wildman–Crippen MR) is 66.8 cm³/mol. The number of carbonyl (C=O) groups excluding carboxylic acids is 1. The largest absolute Gasteiger partial charge is 0.355 e. The molecular formula is C13H23N3O. The third kappa shape index (κ3) is 2.63. The second-order valence-electron chi connectivity index (χ2n) is 5.92. The van der Waals surface area contributed by atoms with Crippen molar-refractivity contribution in [3.63, 3.8) is 0 Å². The Morgan fingerprint density at radius 2 is 2.12 bits per heavy atom. The topological polar surface area (TPSA) is 44.4 Å². The minimum atomic E-state index is 0.211. The average Bonchev–Trinajstić information content (AvgIpc) is 3.08. The molecule has 3 fully saturated rings. The monoisotopic (exact) mass is 237 g/mol. The standard InChI is InChI=1S/C13H23N3O/c1-9-6-11(8-16(9)12-3-4-12)15-10-2-5-13(17)14-7-10/h9-12,15H,2-8H2,1H3,(H,14,17). The van der Waals surface area contributed by atoms with Gasteiger partial charge in [-0.3, -0.25) is 9.69 Å². The summed E-state index contributed by atoms with van der Waals surface area (Å²) in [6.07, 6.45) is 5.75. The molecule has 2 saturated heterocycles. The highest BCUT2D eigenvalue weighted by atomic mass is 16.1. The van der Waals surface area contributed by atoms with Gasteiger partial charge in [-0.15, -0.1) is 0 Å². The van der Waals surface area contributed by atoms with Gasteiger partial charge in [0.15, 0.2) is 0 Å². The quantitative estimate of drug-likeness (QED) is 0.750. The SMILES string of the molecule is CC1CC(NC2CCC(=O)NC2)CN1C1CC1. The second kappa shape index (κ2) is 4.58. The first-order valence-electron chi connectivity index (χ1n) is 7.01. The van der Waals surface area contributed by atoms with Crippen molar-refractivity contribution < 1.29 is 4.79 Å². The first kappa shape index (κ1) is 11.5. The van der Waals surface area contributed by atoms with E-state index in [2.05, 4.69) is 22.5 Å². The summed E-state index contributed by atoms with van der Waals surface area (Å²) in [5.41, 5.74) is 0. The number of carbonyl (C=O) groups is 1. The van der Waals surface area contributed by atoms with E-state index >= 15 is 0 Å². The van der Waals surface area contributed by atoms with Crippen molar-refractivity contribution in [3.05, 3.63) is 0 Å². The van der Waals surface area contributed by atoms with Crippen LogP contribution in [0, 0.1) is 0 Å². The third-order valence-electron chi connectivity index (χ3n) is 4.38. The van der Waals surface area contributed by atoms with Gasteiger partial charge in [0.05, 0.1) is 0 Å². The molecule has 4 nitrogen and oxygen atoms in total. The Labute approximate surface area is 103 Å². The summed E-state index contributed by atoms with van der Waals surface area (Å²) >= 11 is 0. The first-order chi connectivity index (χ1) is 8.22. The van der Waals surface area contributed by atoms with Crippen LogP contribution in [0.1, 0.15) is 39.0 Å². The summed E-state index contributed by atoms with van der Waals surface area (Å²) in [7, 11) is 0. The predicted octanol–water partition coefficient (Wildman–Crippen LogP) is 0.480. The number of nitrogens with one attached hydrogen (secondary N) is 2. The van der Waals surface area contributed by atoms with Crippen LogP contribution in [0.4, 0.5) is 0 Å². The highest BCUT2D eigenvalue weighted by molar-refractivity contribution is 5.76. The minimum absolute atomic E-state index is 0.211. The molecule has 3 atom stereocenters. The van der Waals surface area contributed by atoms with Crippen molar-refractivity contribution in [2.75, 3.05) is 13.1 Å². The van der Waals surface area contributed by atoms with E-state index in [1.807, 2.05) is 0 Å². The smallest absolute Gasteiger partial charge is 0.220 e. The molecule has 0 bridgehead atoms. The number of hydrogen-bond donors (Lipinski definition) is 2. The molecule has 1 aliphatic carbocycles. The van der Waals surface area contributed by atoms with Gasteiger partial charge in [0.1, 0.15) is 0 Å². The number of amides is 1. The van der Waals surface area contributed by atoms with Crippen LogP contribution in [0.2, 0.25) is 0 Å². The summed E-state index contributed by atoms with van der Waals surface area (Å²) in [6, 6.07) is 2.73. The summed E-state index contributed by atoms with van der Waals surface area (Å²) in [5.74, 6) is 0.211. The fourth-order valence-corrected chi connectivity index (χ4v) is 3.30. The van der Waals surface area contributed by atoms with Crippen LogP contribution in [0.3, 0.4) is 0 Å². The lowest BCUT2D eigenvalue weighted by Crippen LogP contribution is -2.49. The Morgan fingerprint density at radius 3 is 2.76 bits per heavy atom. The summed E-state index contributed by atoms with van der Waals surface area (Å²) in [5, 5.41) is 6.67. The van der Waals surface area contributed by atoms with Crippen LogP contribution >= 0.6 is 0 Å². The fourth-order valence-electron chi connectivity index (χ4n) is 3.30. The van der Waals surface area contributed by atoms with Crippen molar-refractivity contribution in [1.29, 1.82) is 0 Å². The van der Waals surface area contributed by atoms with Crippen molar-refractivity contribution in [2.45, 2.75) is 63.2 Å². The zero-order chi connectivity index (χ0) is 11.8. The molecule has 1 amide bonds. The molecule has 0 spiro atoms. The van der Waals surface area contributed by atoms with Crippen molar-refractivity contribution in [1.82, 2.24) is 15.5 Å². The van der Waals surface area contributed by atoms with Gasteiger partial charge in [0, 0.05) is 43.7 Å². The molecule has 1 saturated carbocycles. The lowest BCUT2D eigenvalue weighted by molar-refractivity contribution is -0.122. The molecule has 3 aliphatic rings. The van der Waals surface area contributed by atoms with Crippen molar-refractivity contribution in [3.8, 4) is 0 Å². The molecule has 2 N–H and O–H groups in total. The normalized spacial score (nSPS) is 39.4. The van der Waals surface area contributed by atoms with Crippen LogP contribution in [0.25, 0.3) is 0 Å². The molecule has 4 heteroatoms. The molecule has 0 radical (unpaired) electrons. The van der Waals surface area contributed by atoms with Gasteiger partial charge in [0.25, 0.3) is 0 Å². The molecule has 96 valence electrons. The Hall–Kier alpha value is -0.610. The number of hydrogen-bond acceptors (Lipinski definition) is 3. The first-order valence-corrected chi connectivity index (χ1v) is 7.01. The van der Waals surface area contributed by atoms with Gasteiger partial charge in [-0.2, -0.15) is 0 Å². The van der Waals surface area contributed by atoms with Gasteiger partial charge in [0.2, 0.25) is 5.91 Å². The van der Waals surface area contributed by atoms with E-state index in [9.17, 15) is 4.79 Å². The number of rotatable bonds is 3. The molecule has 2 heterocycles. The molecule has 3 rings (SSSR count). The van der Waals surface area contributed by atoms with Crippen LogP contribution < -0.4 is 10.6 Å². The van der Waals surface area contributed by atoms with Gasteiger partial charge in [-0.25, -0.2) is 0 Å². The van der Waals surface area contributed by atoms with Gasteiger partial charge < -0.3 is 10.6 Å². The molecule has 2 aliphatic heterocycles. The zero-order valence-corrected chi connectivity index (χ0v) is 10.6. The summed E-state index contributed by atoms with van der Waals surface area (Å²) in [4.78, 5) is 13.8. The Kier molecular flexibility index (Phi) is 3.09. The number of nitrogens with zero attached hydrogens (tertiary/aromatic N) is 1. The van der Waals surface area contributed by atoms with Gasteiger partial charge in [-0.1, -0.05) is 0 Å². The van der Waals surface area contributed by atoms with E-state index in [-0.39, 0.29) is 5.91 Å². The highest BCUT2D eigenvalue weighted by Crippen LogP contribution is 2.33. The van der Waals surface area contributed by atoms with Crippen molar-refractivity contribution >= 4 is 5.91 Å². The molecule has 3 unspecified atom stereocenters. The zero-order valence-electron chi connectivity index (χ0n) is 10.6. The van der Waals surface area contributed by atoms with E-state index in [1.165, 1.54) is 25.8 Å². The maximum atomic E-state index is 11.1. The van der Waals surface area contributed by atoms with Crippen LogP contribution in [0.5, 0.6) is 0 Å². The highest BCUT2D eigenvalue weighted by Gasteiger charge is 2.39. The Morgan fingerprint density at radius 1 is 1.29 bits per heavy atom. The Bertz CT molecular complexity index is 293. The van der Waals surface area contributed by atoms with Crippen LogP contribution in [-0.4, -0.2) is 48.1 Å². The third-order valence-corrected chi connectivity index (χ3v) is 4.38. The van der Waals surface area contributed by atoms with Crippen LogP contribution in [0.15, 0.2) is 0 Å². The molecule has 0 aromatic heterocycles. The minimum Gasteiger partial charge on any atom is -0.355 e. The maximum absolute atomic E-state index is 11.1. The van der Waals surface area contributed by atoms with Crippen molar-refractivity contribution in [2.24, 2.45) is 0 Å². The van der Waals surface area contributed by atoms with Gasteiger partial charge >= 0.3 is 0 Å². The van der Waals surface area contributed by atoms with E-state index in [0.29, 0.717) is 18.5 Å². The summed E-state index contributed by atoms with van der Waals surface area (Å²) < 4.78 is 0. The number of likely N-dealkylation sites (tertiary alicyclic amines) is 1. The van der Waals surface area contributed by atoms with E-state index in [0.717, 1.165) is 25.0 Å². The fraction of sp³-hybridized carbons (Fsp3) is 0.923. The molecule has 17 heavy (non-hydrogen) atoms. The van der Waals surface area contributed by atoms with Gasteiger partial charge in [-0.05, 0) is 32.6 Å². The molecule has 0 aromatic rings. The lowest BCUT2D eigenvalue weighted by Gasteiger charge is -2.27. The Balaban J connectivity index is 1.48. The number of piperidine rings is 1. The molecule has 0 aromatic carbocycles.